The molecule has 0 unspecified atom stereocenters. The molecular formula is C17H25NO3. The third-order valence-electron chi connectivity index (χ3n) is 3.32. The molecule has 0 aliphatic heterocycles. The van der Waals surface area contributed by atoms with Crippen LogP contribution >= 0.6 is 0 Å². The summed E-state index contributed by atoms with van der Waals surface area (Å²) in [6.07, 6.45) is 2.31. The predicted molar refractivity (Wildman–Crippen MR) is 83.8 cm³/mol. The summed E-state index contributed by atoms with van der Waals surface area (Å²) in [6, 6.07) is 5.18. The molecule has 0 aromatic heterocycles. The maximum absolute atomic E-state index is 12.0. The number of hydrogen-bond donors (Lipinski definition) is 1. The lowest BCUT2D eigenvalue weighted by Gasteiger charge is -2.11. The minimum absolute atomic E-state index is 0.0174. The Hall–Kier alpha value is -1.84. The second kappa shape index (κ2) is 8.45. The molecule has 0 radical (unpaired) electrons. The van der Waals surface area contributed by atoms with Gasteiger partial charge in [0.1, 0.15) is 5.75 Å². The number of methoxy groups -OCH3 is 1. The van der Waals surface area contributed by atoms with Crippen molar-refractivity contribution in [2.75, 3.05) is 13.7 Å². The van der Waals surface area contributed by atoms with Gasteiger partial charge in [-0.1, -0.05) is 13.8 Å². The Bertz CT molecular complexity index is 495. The summed E-state index contributed by atoms with van der Waals surface area (Å²) in [4.78, 5) is 23.4. The zero-order valence-electron chi connectivity index (χ0n) is 13.4. The molecule has 0 heterocycles. The van der Waals surface area contributed by atoms with Gasteiger partial charge in [0.15, 0.2) is 5.78 Å². The average molecular weight is 291 g/mol. The Morgan fingerprint density at radius 2 is 2.00 bits per heavy atom. The van der Waals surface area contributed by atoms with Crippen molar-refractivity contribution in [1.82, 2.24) is 5.32 Å². The molecule has 0 spiro atoms. The molecule has 1 aromatic carbocycles. The topological polar surface area (TPSA) is 55.4 Å². The van der Waals surface area contributed by atoms with Gasteiger partial charge in [0.05, 0.1) is 13.5 Å². The second-order valence-electron chi connectivity index (χ2n) is 5.65. The molecule has 4 nitrogen and oxygen atoms in total. The van der Waals surface area contributed by atoms with Gasteiger partial charge < -0.3 is 10.1 Å². The van der Waals surface area contributed by atoms with Crippen molar-refractivity contribution >= 4 is 11.7 Å². The minimum Gasteiger partial charge on any atom is -0.496 e. The maximum Gasteiger partial charge on any atom is 0.224 e. The molecule has 4 heteroatoms. The maximum atomic E-state index is 12.0. The first kappa shape index (κ1) is 17.2. The predicted octanol–water partition coefficient (Wildman–Crippen LogP) is 2.99. The van der Waals surface area contributed by atoms with E-state index in [-0.39, 0.29) is 18.1 Å². The normalized spacial score (nSPS) is 10.5. The summed E-state index contributed by atoms with van der Waals surface area (Å²) in [6.45, 7) is 6.53. The molecule has 1 aromatic rings. The van der Waals surface area contributed by atoms with Crippen molar-refractivity contribution in [2.24, 2.45) is 5.92 Å². The molecule has 1 amide bonds. The average Bonchev–Trinajstić information content (AvgIpc) is 2.43. The third kappa shape index (κ3) is 5.98. The van der Waals surface area contributed by atoms with Crippen molar-refractivity contribution in [2.45, 2.75) is 40.0 Å². The fraction of sp³-hybridized carbons (Fsp3) is 0.529. The lowest BCUT2D eigenvalue weighted by atomic mass is 10.0. The van der Waals surface area contributed by atoms with Crippen LogP contribution in [0.2, 0.25) is 0 Å². The van der Waals surface area contributed by atoms with E-state index in [1.165, 1.54) is 6.92 Å². The van der Waals surface area contributed by atoms with Gasteiger partial charge in [-0.05, 0) is 43.9 Å². The summed E-state index contributed by atoms with van der Waals surface area (Å²) < 4.78 is 5.25. The molecule has 1 N–H and O–H groups in total. The first-order valence-corrected chi connectivity index (χ1v) is 7.38. The van der Waals surface area contributed by atoms with Gasteiger partial charge in [0.2, 0.25) is 5.91 Å². The molecule has 116 valence electrons. The van der Waals surface area contributed by atoms with Gasteiger partial charge in [0, 0.05) is 17.7 Å². The lowest BCUT2D eigenvalue weighted by molar-refractivity contribution is -0.120. The zero-order chi connectivity index (χ0) is 15.8. The van der Waals surface area contributed by atoms with Crippen LogP contribution in [0.25, 0.3) is 0 Å². The molecular weight excluding hydrogens is 266 g/mol. The number of carbonyl (C=O) groups is 2. The monoisotopic (exact) mass is 291 g/mol. The summed E-state index contributed by atoms with van der Waals surface area (Å²) in [5.74, 6) is 1.22. The number of carbonyl (C=O) groups excluding carboxylic acids is 2. The minimum atomic E-state index is -0.0437. The fourth-order valence-electron chi connectivity index (χ4n) is 2.11. The van der Waals surface area contributed by atoms with Crippen LogP contribution in [0.1, 0.15) is 49.5 Å². The quantitative estimate of drug-likeness (QED) is 0.592. The van der Waals surface area contributed by atoms with Crippen molar-refractivity contribution < 1.29 is 14.3 Å². The molecule has 0 fully saturated rings. The van der Waals surface area contributed by atoms with Gasteiger partial charge in [0.25, 0.3) is 0 Å². The standard InChI is InChI=1S/C17H25NO3/c1-12(2)6-5-9-18-17(20)11-15-10-14(13(3)19)7-8-16(15)21-4/h7-8,10,12H,5-6,9,11H2,1-4H3,(H,18,20). The molecule has 0 aliphatic rings. The second-order valence-corrected chi connectivity index (χ2v) is 5.65. The van der Waals surface area contributed by atoms with E-state index in [1.807, 2.05) is 0 Å². The number of hydrogen-bond acceptors (Lipinski definition) is 3. The first-order chi connectivity index (χ1) is 9.93. The summed E-state index contributed by atoms with van der Waals surface area (Å²) >= 11 is 0. The molecule has 0 aliphatic carbocycles. The van der Waals surface area contributed by atoms with Crippen molar-refractivity contribution in [3.05, 3.63) is 29.3 Å². The number of nitrogens with one attached hydrogen (secondary N) is 1. The zero-order valence-corrected chi connectivity index (χ0v) is 13.4. The van der Waals surface area contributed by atoms with Crippen molar-refractivity contribution in [3.63, 3.8) is 0 Å². The Labute approximate surface area is 126 Å². The molecule has 0 saturated heterocycles. The molecule has 21 heavy (non-hydrogen) atoms. The Morgan fingerprint density at radius 1 is 1.29 bits per heavy atom. The fourth-order valence-corrected chi connectivity index (χ4v) is 2.11. The van der Waals surface area contributed by atoms with Gasteiger partial charge in [-0.2, -0.15) is 0 Å². The van der Waals surface area contributed by atoms with E-state index >= 15 is 0 Å². The van der Waals surface area contributed by atoms with Crippen LogP contribution in [0.3, 0.4) is 0 Å². The van der Waals surface area contributed by atoms with E-state index in [9.17, 15) is 9.59 Å². The smallest absolute Gasteiger partial charge is 0.224 e. The van der Waals surface area contributed by atoms with E-state index in [2.05, 4.69) is 19.2 Å². The van der Waals surface area contributed by atoms with Gasteiger partial charge in [-0.15, -0.1) is 0 Å². The van der Waals surface area contributed by atoms with Crippen LogP contribution in [0.5, 0.6) is 5.75 Å². The molecule has 0 saturated carbocycles. The molecule has 1 rings (SSSR count). The number of ether oxygens (including phenoxy) is 1. The molecule has 0 bridgehead atoms. The number of ketones is 1. The van der Waals surface area contributed by atoms with E-state index in [0.29, 0.717) is 23.8 Å². The SMILES string of the molecule is COc1ccc(C(C)=O)cc1CC(=O)NCCCC(C)C. The van der Waals surface area contributed by atoms with Crippen LogP contribution < -0.4 is 10.1 Å². The highest BCUT2D eigenvalue weighted by Crippen LogP contribution is 2.20. The lowest BCUT2D eigenvalue weighted by Crippen LogP contribution is -2.26. The van der Waals surface area contributed by atoms with E-state index < -0.39 is 0 Å². The van der Waals surface area contributed by atoms with Gasteiger partial charge >= 0.3 is 0 Å². The third-order valence-corrected chi connectivity index (χ3v) is 3.32. The highest BCUT2D eigenvalue weighted by atomic mass is 16.5. The van der Waals surface area contributed by atoms with E-state index in [1.54, 1.807) is 25.3 Å². The van der Waals surface area contributed by atoms with Crippen LogP contribution in [0.4, 0.5) is 0 Å². The number of amides is 1. The van der Waals surface area contributed by atoms with Gasteiger partial charge in [-0.3, -0.25) is 9.59 Å². The van der Waals surface area contributed by atoms with Gasteiger partial charge in [-0.25, -0.2) is 0 Å². The summed E-state index contributed by atoms with van der Waals surface area (Å²) in [7, 11) is 1.56. The largest absolute Gasteiger partial charge is 0.496 e. The Morgan fingerprint density at radius 3 is 2.57 bits per heavy atom. The number of benzene rings is 1. The van der Waals surface area contributed by atoms with Crippen molar-refractivity contribution in [3.8, 4) is 5.75 Å². The van der Waals surface area contributed by atoms with Crippen LogP contribution in [0, 0.1) is 5.92 Å². The highest BCUT2D eigenvalue weighted by molar-refractivity contribution is 5.94. The van der Waals surface area contributed by atoms with E-state index in [4.69, 9.17) is 4.74 Å². The summed E-state index contributed by atoms with van der Waals surface area (Å²) in [5, 5.41) is 2.91. The number of Topliss-reactive ketones (excluding diaryl/α,β-unsaturated/α-hetero) is 1. The van der Waals surface area contributed by atoms with Crippen LogP contribution in [0.15, 0.2) is 18.2 Å². The van der Waals surface area contributed by atoms with Crippen molar-refractivity contribution in [1.29, 1.82) is 0 Å². The van der Waals surface area contributed by atoms with E-state index in [0.717, 1.165) is 18.4 Å². The van der Waals surface area contributed by atoms with Crippen LogP contribution in [-0.4, -0.2) is 25.3 Å². The van der Waals surface area contributed by atoms with Crippen LogP contribution in [-0.2, 0) is 11.2 Å². The Kier molecular flexibility index (Phi) is 6.92. The summed E-state index contributed by atoms with van der Waals surface area (Å²) in [5.41, 5.74) is 1.34. The Balaban J connectivity index is 2.61. The first-order valence-electron chi connectivity index (χ1n) is 7.38. The molecule has 0 atom stereocenters. The number of rotatable bonds is 8. The highest BCUT2D eigenvalue weighted by Gasteiger charge is 2.11.